The predicted octanol–water partition coefficient (Wildman–Crippen LogP) is 0.360. The minimum atomic E-state index is -1.28. The van der Waals surface area contributed by atoms with Crippen LogP contribution in [-0.2, 0) is 35.3 Å². The highest BCUT2D eigenvalue weighted by Gasteiger charge is 2.54. The molecular formula is C23H26ClN9O7S3. The van der Waals surface area contributed by atoms with Crippen LogP contribution in [0.5, 0.6) is 0 Å². The standard InChI is InChI=1S/C23H25N9O7S3.ClH/c1-5-6-31-22(27-29-30-31)42-9-11-8-40-19-15(18(35)32(19)16(11)20(36)37)26-17(34)14(12-10-41-21(24)25-12)28-38-7-13(33)39-23(2,3)4;/h1,10,15,19H,6-9H2,2-4H3,(H2,24,25)(H,26,34)(H,36,37);1H/b28-14-;/t15?,19-;/m1./s1. The van der Waals surface area contributed by atoms with Crippen LogP contribution in [-0.4, -0.2) is 99.8 Å². The first-order valence-electron chi connectivity index (χ1n) is 12.1. The van der Waals surface area contributed by atoms with Crippen molar-refractivity contribution in [3.63, 3.8) is 0 Å². The topological polar surface area (TPSA) is 217 Å². The summed E-state index contributed by atoms with van der Waals surface area (Å²) in [5, 5.41) is 28.9. The molecule has 4 N–H and O–H groups in total. The van der Waals surface area contributed by atoms with Crippen LogP contribution in [0.4, 0.5) is 5.13 Å². The number of thioether (sulfide) groups is 2. The number of carboxylic acid groups (broad SMARTS) is 1. The smallest absolute Gasteiger partial charge is 0.352 e. The van der Waals surface area contributed by atoms with Gasteiger partial charge in [-0.05, 0) is 36.8 Å². The number of hydrogen-bond donors (Lipinski definition) is 3. The van der Waals surface area contributed by atoms with E-state index >= 15 is 0 Å². The van der Waals surface area contributed by atoms with E-state index in [1.165, 1.54) is 33.6 Å². The van der Waals surface area contributed by atoms with E-state index in [9.17, 15) is 24.3 Å². The van der Waals surface area contributed by atoms with Crippen LogP contribution >= 0.6 is 47.3 Å². The number of esters is 1. The van der Waals surface area contributed by atoms with Gasteiger partial charge in [-0.1, -0.05) is 22.8 Å². The van der Waals surface area contributed by atoms with E-state index in [4.69, 9.17) is 21.7 Å². The minimum Gasteiger partial charge on any atom is -0.477 e. The first-order chi connectivity index (χ1) is 19.9. The molecule has 1 fully saturated rings. The molecular weight excluding hydrogens is 646 g/mol. The molecule has 230 valence electrons. The van der Waals surface area contributed by atoms with Gasteiger partial charge in [-0.25, -0.2) is 19.3 Å². The second-order valence-electron chi connectivity index (χ2n) is 9.60. The number of ether oxygens (including phenoxy) is 1. The number of carboxylic acids is 1. The molecule has 2 aromatic rings. The largest absolute Gasteiger partial charge is 0.477 e. The Hall–Kier alpha value is -3.86. The summed E-state index contributed by atoms with van der Waals surface area (Å²) in [6.07, 6.45) is 5.32. The average Bonchev–Trinajstić information content (AvgIpc) is 3.55. The summed E-state index contributed by atoms with van der Waals surface area (Å²) in [6, 6.07) is -1.05. The summed E-state index contributed by atoms with van der Waals surface area (Å²) in [6.45, 7) is 4.63. The van der Waals surface area contributed by atoms with Crippen LogP contribution < -0.4 is 11.1 Å². The number of hydrogen-bond acceptors (Lipinski definition) is 15. The van der Waals surface area contributed by atoms with E-state index in [2.05, 4.69) is 36.9 Å². The second-order valence-corrected chi connectivity index (χ2v) is 12.5. The number of anilines is 1. The third-order valence-corrected chi connectivity index (χ3v) is 8.45. The van der Waals surface area contributed by atoms with Gasteiger partial charge in [0.15, 0.2) is 10.8 Å². The van der Waals surface area contributed by atoms with E-state index in [0.29, 0.717) is 10.7 Å². The Bertz CT molecular complexity index is 1510. The third kappa shape index (κ3) is 7.95. The van der Waals surface area contributed by atoms with Crippen LogP contribution in [0.1, 0.15) is 26.5 Å². The number of rotatable bonds is 11. The number of halogens is 1. The maximum atomic E-state index is 13.2. The zero-order chi connectivity index (χ0) is 30.6. The molecule has 4 rings (SSSR count). The molecule has 0 aliphatic carbocycles. The lowest BCUT2D eigenvalue weighted by Crippen LogP contribution is -2.71. The summed E-state index contributed by atoms with van der Waals surface area (Å²) in [5.41, 5.74) is 5.02. The number of nitrogens with two attached hydrogens (primary N) is 1. The number of aromatic nitrogens is 5. The van der Waals surface area contributed by atoms with Crippen molar-refractivity contribution in [3.8, 4) is 12.3 Å². The molecule has 1 unspecified atom stereocenters. The van der Waals surface area contributed by atoms with Crippen molar-refractivity contribution in [2.75, 3.05) is 23.8 Å². The van der Waals surface area contributed by atoms with Gasteiger partial charge in [0.05, 0.1) is 0 Å². The number of thiazole rings is 1. The molecule has 43 heavy (non-hydrogen) atoms. The van der Waals surface area contributed by atoms with Crippen LogP contribution in [0.2, 0.25) is 0 Å². The summed E-state index contributed by atoms with van der Waals surface area (Å²) in [5.74, 6) is -0.539. The molecule has 20 heteroatoms. The molecule has 2 aromatic heterocycles. The Balaban J connectivity index is 0.00000506. The van der Waals surface area contributed by atoms with Crippen molar-refractivity contribution in [3.05, 3.63) is 22.3 Å². The highest BCUT2D eigenvalue weighted by atomic mass is 35.5. The number of carbonyl (C=O) groups is 4. The van der Waals surface area contributed by atoms with Gasteiger partial charge >= 0.3 is 11.9 Å². The van der Waals surface area contributed by atoms with Gasteiger partial charge in [-0.15, -0.1) is 47.0 Å². The maximum Gasteiger partial charge on any atom is 0.352 e. The van der Waals surface area contributed by atoms with Crippen molar-refractivity contribution >= 4 is 81.9 Å². The van der Waals surface area contributed by atoms with Crippen molar-refractivity contribution in [2.45, 2.75) is 49.5 Å². The van der Waals surface area contributed by atoms with Crippen molar-refractivity contribution in [1.29, 1.82) is 0 Å². The highest BCUT2D eigenvalue weighted by molar-refractivity contribution is 8.01. The number of amides is 2. The van der Waals surface area contributed by atoms with E-state index < -0.39 is 47.4 Å². The van der Waals surface area contributed by atoms with Gasteiger partial charge in [-0.2, -0.15) is 0 Å². The molecule has 2 atom stereocenters. The lowest BCUT2D eigenvalue weighted by molar-refractivity contribution is -0.160. The molecule has 0 spiro atoms. The van der Waals surface area contributed by atoms with Crippen LogP contribution in [0.3, 0.4) is 0 Å². The molecule has 1 saturated heterocycles. The summed E-state index contributed by atoms with van der Waals surface area (Å²) in [4.78, 5) is 60.8. The van der Waals surface area contributed by atoms with Crippen molar-refractivity contribution < 1.29 is 33.9 Å². The summed E-state index contributed by atoms with van der Waals surface area (Å²) < 4.78 is 6.55. The Morgan fingerprint density at radius 3 is 2.74 bits per heavy atom. The summed E-state index contributed by atoms with van der Waals surface area (Å²) in [7, 11) is 0. The number of aliphatic carboxylic acids is 1. The SMILES string of the molecule is C#CCn1nnnc1SCC1=C(C(=O)O)N2C(=O)C(NC(=O)/C(=N\OCC(=O)OC(C)(C)C)c3csc(N)n3)[C@H]2SC1.Cl. The van der Waals surface area contributed by atoms with Crippen molar-refractivity contribution in [2.24, 2.45) is 5.16 Å². The van der Waals surface area contributed by atoms with E-state index in [0.717, 1.165) is 16.2 Å². The highest BCUT2D eigenvalue weighted by Crippen LogP contribution is 2.41. The lowest BCUT2D eigenvalue weighted by atomic mass is 10.0. The quantitative estimate of drug-likeness (QED) is 0.0734. The van der Waals surface area contributed by atoms with Gasteiger partial charge in [0.2, 0.25) is 11.8 Å². The Morgan fingerprint density at radius 2 is 2.12 bits per heavy atom. The first kappa shape index (κ1) is 33.6. The van der Waals surface area contributed by atoms with Gasteiger partial charge in [-0.3, -0.25) is 14.5 Å². The number of nitrogens with zero attached hydrogens (tertiary/aromatic N) is 7. The summed E-state index contributed by atoms with van der Waals surface area (Å²) >= 11 is 3.52. The number of nitrogen functional groups attached to an aromatic ring is 1. The monoisotopic (exact) mass is 671 g/mol. The fourth-order valence-corrected chi connectivity index (χ4v) is 6.67. The van der Waals surface area contributed by atoms with Crippen LogP contribution in [0.25, 0.3) is 0 Å². The lowest BCUT2D eigenvalue weighted by Gasteiger charge is -2.49. The number of nitrogens with one attached hydrogen (secondary N) is 1. The second kappa shape index (κ2) is 14.1. The number of carbonyl (C=O) groups excluding carboxylic acids is 3. The molecule has 2 amide bonds. The molecule has 0 saturated carbocycles. The van der Waals surface area contributed by atoms with Crippen LogP contribution in [0.15, 0.2) is 27.0 Å². The van der Waals surface area contributed by atoms with E-state index in [1.54, 1.807) is 20.8 Å². The normalized spacial score (nSPS) is 18.1. The maximum absolute atomic E-state index is 13.2. The molecule has 0 radical (unpaired) electrons. The van der Waals surface area contributed by atoms with E-state index in [-0.39, 0.29) is 52.7 Å². The Kier molecular flexibility index (Phi) is 11.0. The Morgan fingerprint density at radius 1 is 1.37 bits per heavy atom. The zero-order valence-electron chi connectivity index (χ0n) is 22.9. The number of tetrazole rings is 1. The van der Waals surface area contributed by atoms with Gasteiger partial charge in [0.25, 0.3) is 11.8 Å². The number of oxime groups is 1. The number of fused-ring (bicyclic) bond motifs is 1. The predicted molar refractivity (Wildman–Crippen MR) is 159 cm³/mol. The Labute approximate surface area is 263 Å². The molecule has 2 aliphatic heterocycles. The molecule has 16 nitrogen and oxygen atoms in total. The van der Waals surface area contributed by atoms with Crippen molar-refractivity contribution in [1.82, 2.24) is 35.4 Å². The van der Waals surface area contributed by atoms with E-state index in [1.807, 2.05) is 0 Å². The van der Waals surface area contributed by atoms with Crippen LogP contribution in [0, 0.1) is 12.3 Å². The number of β-lactam (4-membered cyclic amide) rings is 1. The molecule has 0 aromatic carbocycles. The van der Waals surface area contributed by atoms with Gasteiger partial charge in [0, 0.05) is 16.9 Å². The first-order valence-corrected chi connectivity index (χ1v) is 15.0. The van der Waals surface area contributed by atoms with Gasteiger partial charge < -0.3 is 25.7 Å². The fourth-order valence-electron chi connectivity index (χ4n) is 3.76. The zero-order valence-corrected chi connectivity index (χ0v) is 26.1. The fraction of sp³-hybridized carbons (Fsp3) is 0.435. The average molecular weight is 672 g/mol. The third-order valence-electron chi connectivity index (χ3n) is 5.39. The van der Waals surface area contributed by atoms with Gasteiger partial charge in [0.1, 0.15) is 35.0 Å². The molecule has 2 aliphatic rings. The molecule has 0 bridgehead atoms. The minimum absolute atomic E-state index is 0. The molecule has 4 heterocycles. The number of terminal acetylenes is 1.